The maximum atomic E-state index is 13.7. The SMILES string of the molecule is CC1(O)CCCN(S(=O)(=O)c2c(N)cccc2F)C1. The first-order valence-electron chi connectivity index (χ1n) is 6.00. The van der Waals surface area contributed by atoms with Crippen molar-refractivity contribution in [3.63, 3.8) is 0 Å². The van der Waals surface area contributed by atoms with E-state index in [0.29, 0.717) is 12.8 Å². The fourth-order valence-corrected chi connectivity index (χ4v) is 4.06. The molecule has 1 aromatic rings. The van der Waals surface area contributed by atoms with E-state index in [-0.39, 0.29) is 18.8 Å². The van der Waals surface area contributed by atoms with Gasteiger partial charge in [-0.05, 0) is 31.9 Å². The first kappa shape index (κ1) is 14.2. The van der Waals surface area contributed by atoms with Gasteiger partial charge < -0.3 is 10.8 Å². The predicted molar refractivity (Wildman–Crippen MR) is 69.4 cm³/mol. The number of halogens is 1. The van der Waals surface area contributed by atoms with E-state index in [1.807, 2.05) is 0 Å². The number of sulfonamides is 1. The van der Waals surface area contributed by atoms with E-state index in [9.17, 15) is 17.9 Å². The highest BCUT2D eigenvalue weighted by molar-refractivity contribution is 7.89. The van der Waals surface area contributed by atoms with Gasteiger partial charge in [0, 0.05) is 13.1 Å². The number of hydrogen-bond donors (Lipinski definition) is 2. The highest BCUT2D eigenvalue weighted by atomic mass is 32.2. The Labute approximate surface area is 111 Å². The number of rotatable bonds is 2. The Hall–Kier alpha value is -1.18. The molecule has 7 heteroatoms. The molecule has 1 aliphatic rings. The molecule has 0 amide bonds. The van der Waals surface area contributed by atoms with Crippen LogP contribution in [0.25, 0.3) is 0 Å². The van der Waals surface area contributed by atoms with Crippen molar-refractivity contribution >= 4 is 15.7 Å². The number of nitrogens with two attached hydrogens (primary N) is 1. The summed E-state index contributed by atoms with van der Waals surface area (Å²) in [6, 6.07) is 3.76. The Bertz CT molecular complexity index is 566. The third-order valence-corrected chi connectivity index (χ3v) is 5.17. The van der Waals surface area contributed by atoms with Crippen LogP contribution < -0.4 is 5.73 Å². The summed E-state index contributed by atoms with van der Waals surface area (Å²) in [5.74, 6) is -0.870. The minimum atomic E-state index is -4.02. The van der Waals surface area contributed by atoms with Crippen LogP contribution in [0, 0.1) is 5.82 Å². The van der Waals surface area contributed by atoms with Crippen LogP contribution >= 0.6 is 0 Å². The van der Waals surface area contributed by atoms with Crippen molar-refractivity contribution in [3.8, 4) is 0 Å². The lowest BCUT2D eigenvalue weighted by molar-refractivity contribution is 0.00935. The second-order valence-corrected chi connectivity index (χ2v) is 6.97. The number of benzene rings is 1. The average Bonchev–Trinajstić information content (AvgIpc) is 2.27. The third kappa shape index (κ3) is 2.72. The summed E-state index contributed by atoms with van der Waals surface area (Å²) in [6.07, 6.45) is 1.05. The number of hydrogen-bond acceptors (Lipinski definition) is 4. The zero-order chi connectivity index (χ0) is 14.3. The molecule has 1 atom stereocenters. The van der Waals surface area contributed by atoms with Gasteiger partial charge in [0.25, 0.3) is 0 Å². The van der Waals surface area contributed by atoms with Crippen molar-refractivity contribution < 1.29 is 17.9 Å². The minimum Gasteiger partial charge on any atom is -0.398 e. The molecule has 106 valence electrons. The molecule has 0 spiro atoms. The van der Waals surface area contributed by atoms with Crippen molar-refractivity contribution in [2.45, 2.75) is 30.3 Å². The first-order chi connectivity index (χ1) is 8.74. The molecular formula is C12H17FN2O3S. The molecule has 2 rings (SSSR count). The largest absolute Gasteiger partial charge is 0.398 e. The van der Waals surface area contributed by atoms with Crippen LogP contribution in [0.2, 0.25) is 0 Å². The number of β-amino-alcohol motifs (C(OH)–C–C–N with tert-alkyl or cyclic N) is 1. The van der Waals surface area contributed by atoms with Gasteiger partial charge in [0.15, 0.2) is 0 Å². The van der Waals surface area contributed by atoms with Crippen LogP contribution in [0.5, 0.6) is 0 Å². The van der Waals surface area contributed by atoms with Crippen molar-refractivity contribution in [1.82, 2.24) is 4.31 Å². The summed E-state index contributed by atoms with van der Waals surface area (Å²) in [4.78, 5) is -0.507. The first-order valence-corrected chi connectivity index (χ1v) is 7.44. The summed E-state index contributed by atoms with van der Waals surface area (Å²) in [6.45, 7) is 1.77. The smallest absolute Gasteiger partial charge is 0.248 e. The van der Waals surface area contributed by atoms with Gasteiger partial charge in [-0.3, -0.25) is 0 Å². The molecule has 0 saturated carbocycles. The maximum absolute atomic E-state index is 13.7. The molecule has 1 fully saturated rings. The molecule has 1 unspecified atom stereocenters. The van der Waals surface area contributed by atoms with Gasteiger partial charge in [0.05, 0.1) is 11.3 Å². The highest BCUT2D eigenvalue weighted by Crippen LogP contribution is 2.30. The van der Waals surface area contributed by atoms with Crippen molar-refractivity contribution in [2.75, 3.05) is 18.8 Å². The molecule has 1 saturated heterocycles. The summed E-state index contributed by atoms with van der Waals surface area (Å²) in [5, 5.41) is 9.96. The normalized spacial score (nSPS) is 25.4. The highest BCUT2D eigenvalue weighted by Gasteiger charge is 2.37. The second-order valence-electron chi connectivity index (χ2n) is 5.10. The molecule has 0 aromatic heterocycles. The van der Waals surface area contributed by atoms with Gasteiger partial charge in [-0.2, -0.15) is 4.31 Å². The lowest BCUT2D eigenvalue weighted by Crippen LogP contribution is -2.48. The Morgan fingerprint density at radius 3 is 2.74 bits per heavy atom. The molecular weight excluding hydrogens is 271 g/mol. The zero-order valence-electron chi connectivity index (χ0n) is 10.6. The van der Waals surface area contributed by atoms with Gasteiger partial charge >= 0.3 is 0 Å². The van der Waals surface area contributed by atoms with Crippen LogP contribution in [0.15, 0.2) is 23.1 Å². The van der Waals surface area contributed by atoms with Gasteiger partial charge in [0.2, 0.25) is 10.0 Å². The minimum absolute atomic E-state index is 0.0525. The summed E-state index contributed by atoms with van der Waals surface area (Å²) in [7, 11) is -4.02. The maximum Gasteiger partial charge on any atom is 0.248 e. The fourth-order valence-electron chi connectivity index (χ4n) is 2.31. The number of nitrogens with zero attached hydrogens (tertiary/aromatic N) is 1. The number of nitrogen functional groups attached to an aromatic ring is 1. The average molecular weight is 288 g/mol. The van der Waals surface area contributed by atoms with Crippen molar-refractivity contribution in [2.24, 2.45) is 0 Å². The van der Waals surface area contributed by atoms with E-state index >= 15 is 0 Å². The van der Waals surface area contributed by atoms with Crippen LogP contribution in [0.4, 0.5) is 10.1 Å². The molecule has 0 aliphatic carbocycles. The summed E-state index contributed by atoms with van der Waals surface area (Å²) < 4.78 is 39.7. The van der Waals surface area contributed by atoms with Gasteiger partial charge in [-0.25, -0.2) is 12.8 Å². The summed E-state index contributed by atoms with van der Waals surface area (Å²) >= 11 is 0. The molecule has 3 N–H and O–H groups in total. The zero-order valence-corrected chi connectivity index (χ0v) is 11.5. The second kappa shape index (κ2) is 4.73. The Balaban J connectivity index is 2.43. The van der Waals surface area contributed by atoms with Gasteiger partial charge in [0.1, 0.15) is 10.7 Å². The lowest BCUT2D eigenvalue weighted by Gasteiger charge is -2.36. The molecule has 0 radical (unpaired) electrons. The topological polar surface area (TPSA) is 83.6 Å². The van der Waals surface area contributed by atoms with Gasteiger partial charge in [-0.15, -0.1) is 0 Å². The molecule has 0 bridgehead atoms. The number of piperidine rings is 1. The molecule has 1 aliphatic heterocycles. The third-order valence-electron chi connectivity index (χ3n) is 3.24. The van der Waals surface area contributed by atoms with Crippen LogP contribution in [0.1, 0.15) is 19.8 Å². The van der Waals surface area contributed by atoms with E-state index in [4.69, 9.17) is 5.73 Å². The van der Waals surface area contributed by atoms with E-state index in [1.165, 1.54) is 12.1 Å². The molecule has 1 heterocycles. The van der Waals surface area contributed by atoms with Crippen LogP contribution in [-0.2, 0) is 10.0 Å². The molecule has 5 nitrogen and oxygen atoms in total. The van der Waals surface area contributed by atoms with Crippen molar-refractivity contribution in [1.29, 1.82) is 0 Å². The molecule has 19 heavy (non-hydrogen) atoms. The lowest BCUT2D eigenvalue weighted by atomic mass is 9.97. The standard InChI is InChI=1S/C12H17FN2O3S/c1-12(16)6-3-7-15(8-12)19(17,18)11-9(13)4-2-5-10(11)14/h2,4-5,16H,3,6-8,14H2,1H3. The van der Waals surface area contributed by atoms with E-state index in [1.54, 1.807) is 6.92 Å². The summed E-state index contributed by atoms with van der Waals surface area (Å²) in [5.41, 5.74) is 4.36. The van der Waals surface area contributed by atoms with Crippen LogP contribution in [-0.4, -0.2) is 36.5 Å². The van der Waals surface area contributed by atoms with E-state index < -0.39 is 26.3 Å². The van der Waals surface area contributed by atoms with Gasteiger partial charge in [-0.1, -0.05) is 6.07 Å². The quantitative estimate of drug-likeness (QED) is 0.793. The molecule has 1 aromatic carbocycles. The fraction of sp³-hybridized carbons (Fsp3) is 0.500. The Morgan fingerprint density at radius 1 is 1.47 bits per heavy atom. The Kier molecular flexibility index (Phi) is 3.55. The monoisotopic (exact) mass is 288 g/mol. The number of aliphatic hydroxyl groups is 1. The van der Waals surface area contributed by atoms with E-state index in [2.05, 4.69) is 0 Å². The number of anilines is 1. The van der Waals surface area contributed by atoms with Crippen LogP contribution in [0.3, 0.4) is 0 Å². The Morgan fingerprint density at radius 2 is 2.16 bits per heavy atom. The van der Waals surface area contributed by atoms with E-state index in [0.717, 1.165) is 10.4 Å². The predicted octanol–water partition coefficient (Wildman–Crippen LogP) is 0.943. The van der Waals surface area contributed by atoms with Crippen molar-refractivity contribution in [3.05, 3.63) is 24.0 Å².